The molecular formula is C57H44N4. The van der Waals surface area contributed by atoms with Gasteiger partial charge in [0.15, 0.2) is 0 Å². The number of hydrogen-bond donors (Lipinski definition) is 2. The molecule has 8 aromatic carbocycles. The molecule has 0 amide bonds. The Morgan fingerprint density at radius 2 is 1.13 bits per heavy atom. The SMILES string of the molecule is CC1(C)c2ccccc2-c2ccc(-n3c4c(c5ccccc53)-c3ccccc3N(c3cccc(C5NC(c6ccccc6)=CC(c6ccccc6)N5)c3)c3ccccc3-4)cc21. The third kappa shape index (κ3) is 5.56. The summed E-state index contributed by atoms with van der Waals surface area (Å²) in [5.74, 6) is 0. The third-order valence-electron chi connectivity index (χ3n) is 13.2. The van der Waals surface area contributed by atoms with Crippen LogP contribution in [0, 0.1) is 0 Å². The Morgan fingerprint density at radius 1 is 0.492 bits per heavy atom. The Morgan fingerprint density at radius 3 is 1.95 bits per heavy atom. The molecule has 0 spiro atoms. The topological polar surface area (TPSA) is 32.2 Å². The molecule has 1 aromatic heterocycles. The molecule has 2 atom stereocenters. The highest BCUT2D eigenvalue weighted by Crippen LogP contribution is 2.55. The second kappa shape index (κ2) is 13.8. The van der Waals surface area contributed by atoms with E-state index in [4.69, 9.17) is 0 Å². The molecule has 0 saturated heterocycles. The number of aromatic nitrogens is 1. The van der Waals surface area contributed by atoms with Gasteiger partial charge in [-0.2, -0.15) is 0 Å². The summed E-state index contributed by atoms with van der Waals surface area (Å²) in [7, 11) is 0. The number of anilines is 3. The summed E-state index contributed by atoms with van der Waals surface area (Å²) in [6.45, 7) is 4.73. The van der Waals surface area contributed by atoms with Crippen LogP contribution in [0.3, 0.4) is 0 Å². The standard InChI is InChI=1S/C57H44N4/c1-57(2)47-28-13-9-24-42(47)43-33-32-41(35-48(43)57)61-52-30-15-11-26-45(52)54-44-25-10-14-29-51(44)60(53-31-16-12-27-46(53)55(54)61)40-23-17-22-39(34-40)56-58-49(37-18-5-3-6-19-37)36-50(59-56)38-20-7-4-8-21-38/h3-36,49,56,58-59H,1-2H3. The highest BCUT2D eigenvalue weighted by Gasteiger charge is 2.37. The number of nitrogens with one attached hydrogen (secondary N) is 2. The van der Waals surface area contributed by atoms with Crippen LogP contribution in [-0.4, -0.2) is 4.57 Å². The summed E-state index contributed by atoms with van der Waals surface area (Å²) in [4.78, 5) is 2.47. The molecule has 4 heteroatoms. The number of fused-ring (bicyclic) bond motifs is 10. The molecule has 1 aliphatic carbocycles. The van der Waals surface area contributed by atoms with Gasteiger partial charge in [0.2, 0.25) is 0 Å². The van der Waals surface area contributed by atoms with Gasteiger partial charge in [-0.25, -0.2) is 0 Å². The van der Waals surface area contributed by atoms with Crippen LogP contribution in [0.2, 0.25) is 0 Å². The van der Waals surface area contributed by atoms with Crippen LogP contribution >= 0.6 is 0 Å². The number of para-hydroxylation sites is 3. The molecule has 2 N–H and O–H groups in total. The minimum Gasteiger partial charge on any atom is -0.366 e. The Bertz CT molecular complexity index is 3190. The van der Waals surface area contributed by atoms with Crippen LogP contribution in [0.15, 0.2) is 206 Å². The Labute approximate surface area is 357 Å². The molecule has 0 saturated carbocycles. The van der Waals surface area contributed by atoms with Crippen molar-refractivity contribution in [3.05, 3.63) is 234 Å². The largest absolute Gasteiger partial charge is 0.366 e. The van der Waals surface area contributed by atoms with Crippen LogP contribution < -0.4 is 15.5 Å². The number of rotatable bonds is 5. The van der Waals surface area contributed by atoms with Crippen molar-refractivity contribution in [2.75, 3.05) is 4.90 Å². The number of nitrogens with zero attached hydrogens (tertiary/aromatic N) is 2. The lowest BCUT2D eigenvalue weighted by molar-refractivity contribution is 0.443. The molecule has 2 aliphatic heterocycles. The van der Waals surface area contributed by atoms with Gasteiger partial charge in [-0.1, -0.05) is 172 Å². The molecule has 3 aliphatic rings. The van der Waals surface area contributed by atoms with Crippen LogP contribution in [0.25, 0.3) is 55.8 Å². The Balaban J connectivity index is 1.03. The molecule has 3 heterocycles. The fourth-order valence-corrected chi connectivity index (χ4v) is 10.3. The van der Waals surface area contributed by atoms with Gasteiger partial charge in [0.1, 0.15) is 6.17 Å². The van der Waals surface area contributed by atoms with Crippen LogP contribution in [0.1, 0.15) is 53.9 Å². The first-order valence-electron chi connectivity index (χ1n) is 21.3. The van der Waals surface area contributed by atoms with Crippen molar-refractivity contribution in [1.29, 1.82) is 0 Å². The summed E-state index contributed by atoms with van der Waals surface area (Å²) >= 11 is 0. The van der Waals surface area contributed by atoms with E-state index in [0.717, 1.165) is 28.3 Å². The summed E-state index contributed by atoms with van der Waals surface area (Å²) in [5.41, 5.74) is 20.6. The maximum absolute atomic E-state index is 3.94. The molecule has 292 valence electrons. The quantitative estimate of drug-likeness (QED) is 0.182. The zero-order valence-electron chi connectivity index (χ0n) is 34.2. The van der Waals surface area contributed by atoms with Gasteiger partial charge in [-0.3, -0.25) is 5.32 Å². The van der Waals surface area contributed by atoms with E-state index in [1.807, 2.05) is 0 Å². The van der Waals surface area contributed by atoms with Crippen molar-refractivity contribution in [3.63, 3.8) is 0 Å². The lowest BCUT2D eigenvalue weighted by Gasteiger charge is -2.34. The summed E-state index contributed by atoms with van der Waals surface area (Å²) < 4.78 is 2.52. The van der Waals surface area contributed by atoms with Gasteiger partial charge in [0, 0.05) is 44.6 Å². The van der Waals surface area contributed by atoms with E-state index in [2.05, 4.69) is 240 Å². The van der Waals surface area contributed by atoms with E-state index in [-0.39, 0.29) is 17.6 Å². The minimum absolute atomic E-state index is 0.0307. The first kappa shape index (κ1) is 35.5. The second-order valence-corrected chi connectivity index (χ2v) is 17.0. The van der Waals surface area contributed by atoms with Crippen molar-refractivity contribution in [2.24, 2.45) is 0 Å². The average molecular weight is 785 g/mol. The highest BCUT2D eigenvalue weighted by atomic mass is 15.2. The normalized spacial score (nSPS) is 17.0. The monoisotopic (exact) mass is 784 g/mol. The molecular weight excluding hydrogens is 741 g/mol. The molecule has 0 fully saturated rings. The Hall–Kier alpha value is -7.40. The van der Waals surface area contributed by atoms with E-state index >= 15 is 0 Å². The predicted octanol–water partition coefficient (Wildman–Crippen LogP) is 14.0. The van der Waals surface area contributed by atoms with Crippen molar-refractivity contribution in [1.82, 2.24) is 15.2 Å². The molecule has 12 rings (SSSR count). The van der Waals surface area contributed by atoms with Crippen LogP contribution in [-0.2, 0) is 5.41 Å². The van der Waals surface area contributed by atoms with Crippen molar-refractivity contribution < 1.29 is 0 Å². The summed E-state index contributed by atoms with van der Waals surface area (Å²) in [6, 6.07) is 73.4. The lowest BCUT2D eigenvalue weighted by atomic mass is 9.82. The number of hydrogen-bond acceptors (Lipinski definition) is 3. The smallest absolute Gasteiger partial charge is 0.104 e. The van der Waals surface area contributed by atoms with Crippen LogP contribution in [0.4, 0.5) is 17.1 Å². The van der Waals surface area contributed by atoms with Gasteiger partial charge in [-0.15, -0.1) is 0 Å². The fourth-order valence-electron chi connectivity index (χ4n) is 10.3. The zero-order valence-corrected chi connectivity index (χ0v) is 34.2. The molecule has 0 bridgehead atoms. The average Bonchev–Trinajstić information content (AvgIpc) is 3.73. The van der Waals surface area contributed by atoms with Gasteiger partial charge in [0.25, 0.3) is 0 Å². The number of benzene rings is 8. The predicted molar refractivity (Wildman–Crippen MR) is 253 cm³/mol. The van der Waals surface area contributed by atoms with E-state index in [1.54, 1.807) is 0 Å². The molecule has 2 unspecified atom stereocenters. The van der Waals surface area contributed by atoms with Gasteiger partial charge in [-0.05, 0) is 87.5 Å². The van der Waals surface area contributed by atoms with E-state index in [0.29, 0.717) is 0 Å². The van der Waals surface area contributed by atoms with E-state index < -0.39 is 0 Å². The van der Waals surface area contributed by atoms with Crippen molar-refractivity contribution in [2.45, 2.75) is 31.5 Å². The van der Waals surface area contributed by atoms with Gasteiger partial charge < -0.3 is 14.8 Å². The van der Waals surface area contributed by atoms with Gasteiger partial charge in [0.05, 0.1) is 28.6 Å². The Kier molecular flexibility index (Phi) is 8.06. The summed E-state index contributed by atoms with van der Waals surface area (Å²) in [6.07, 6.45) is 2.17. The van der Waals surface area contributed by atoms with Crippen molar-refractivity contribution >= 4 is 33.7 Å². The molecule has 0 radical (unpaired) electrons. The first-order chi connectivity index (χ1) is 30.0. The zero-order chi connectivity index (χ0) is 40.7. The molecule has 9 aromatic rings. The second-order valence-electron chi connectivity index (χ2n) is 17.0. The third-order valence-corrected chi connectivity index (χ3v) is 13.2. The lowest BCUT2D eigenvalue weighted by Crippen LogP contribution is -2.39. The first-order valence-corrected chi connectivity index (χ1v) is 21.3. The van der Waals surface area contributed by atoms with E-state index in [1.165, 1.54) is 72.4 Å². The summed E-state index contributed by atoms with van der Waals surface area (Å²) in [5, 5.41) is 9.06. The molecule has 4 nitrogen and oxygen atoms in total. The maximum atomic E-state index is 3.94. The van der Waals surface area contributed by atoms with E-state index in [9.17, 15) is 0 Å². The van der Waals surface area contributed by atoms with Crippen LogP contribution in [0.5, 0.6) is 0 Å². The minimum atomic E-state index is -0.136. The maximum Gasteiger partial charge on any atom is 0.104 e. The molecule has 61 heavy (non-hydrogen) atoms. The highest BCUT2D eigenvalue weighted by molar-refractivity contribution is 6.13. The fraction of sp³-hybridized carbons (Fsp3) is 0.0877. The van der Waals surface area contributed by atoms with Gasteiger partial charge >= 0.3 is 0 Å². The van der Waals surface area contributed by atoms with Crippen molar-refractivity contribution in [3.8, 4) is 39.2 Å².